The summed E-state index contributed by atoms with van der Waals surface area (Å²) in [6, 6.07) is 18.7. The number of rotatable bonds is 4. The highest BCUT2D eigenvalue weighted by Crippen LogP contribution is 2.39. The fraction of sp³-hybridized carbons (Fsp3) is 0.130. The second kappa shape index (κ2) is 7.49. The maximum absolute atomic E-state index is 13.2. The van der Waals surface area contributed by atoms with Crippen molar-refractivity contribution in [1.82, 2.24) is 4.98 Å². The molecule has 0 fully saturated rings. The maximum Gasteiger partial charge on any atom is 0.195 e. The van der Waals surface area contributed by atoms with E-state index in [4.69, 9.17) is 16.3 Å². The van der Waals surface area contributed by atoms with Gasteiger partial charge in [-0.05, 0) is 44.2 Å². The number of carbonyl (C=O) groups is 1. The Balaban J connectivity index is 1.81. The number of ether oxygens (including phenoxy) is 1. The third-order valence-electron chi connectivity index (χ3n) is 4.78. The molecule has 2 heterocycles. The van der Waals surface area contributed by atoms with Crippen molar-refractivity contribution in [3.05, 3.63) is 100 Å². The highest BCUT2D eigenvalue weighted by atomic mass is 35.5. The Morgan fingerprint density at radius 2 is 1.79 bits per heavy atom. The van der Waals surface area contributed by atoms with Gasteiger partial charge in [0, 0.05) is 34.1 Å². The predicted octanol–water partition coefficient (Wildman–Crippen LogP) is 5.54. The van der Waals surface area contributed by atoms with Crippen molar-refractivity contribution < 1.29 is 9.53 Å². The van der Waals surface area contributed by atoms with Gasteiger partial charge in [0.1, 0.15) is 5.76 Å². The number of allylic oxidation sites excluding steroid dienone is 1. The first-order valence-electron chi connectivity index (χ1n) is 9.02. The molecule has 1 aliphatic rings. The molecule has 1 unspecified atom stereocenters. The van der Waals surface area contributed by atoms with E-state index in [1.165, 1.54) is 0 Å². The van der Waals surface area contributed by atoms with E-state index in [0.29, 0.717) is 16.1 Å². The lowest BCUT2D eigenvalue weighted by Gasteiger charge is -2.26. The number of hydrogen-bond donors (Lipinski definition) is 0. The van der Waals surface area contributed by atoms with Crippen LogP contribution in [0.25, 0.3) is 5.76 Å². The van der Waals surface area contributed by atoms with Crippen LogP contribution in [0.4, 0.5) is 5.69 Å². The number of benzene rings is 2. The Hall–Kier alpha value is -3.11. The molecule has 140 valence electrons. The molecule has 3 aromatic rings. The first-order valence-corrected chi connectivity index (χ1v) is 9.40. The number of carbonyl (C=O) groups excluding carboxylic acids is 1. The van der Waals surface area contributed by atoms with E-state index in [2.05, 4.69) is 4.98 Å². The van der Waals surface area contributed by atoms with Crippen molar-refractivity contribution in [1.29, 1.82) is 0 Å². The minimum absolute atomic E-state index is 0.104. The molecule has 1 aliphatic heterocycles. The molecule has 5 heteroatoms. The van der Waals surface area contributed by atoms with E-state index in [-0.39, 0.29) is 12.0 Å². The van der Waals surface area contributed by atoms with Gasteiger partial charge in [-0.3, -0.25) is 9.78 Å². The fourth-order valence-electron chi connectivity index (χ4n) is 3.49. The first-order chi connectivity index (χ1) is 13.6. The molecule has 0 amide bonds. The number of nitrogens with zero attached hydrogens (tertiary/aromatic N) is 2. The van der Waals surface area contributed by atoms with E-state index >= 15 is 0 Å². The van der Waals surface area contributed by atoms with Crippen LogP contribution in [0.5, 0.6) is 0 Å². The number of aromatic nitrogens is 1. The molecule has 1 aromatic heterocycles. The van der Waals surface area contributed by atoms with Crippen LogP contribution in [-0.2, 0) is 4.74 Å². The van der Waals surface area contributed by atoms with Crippen LogP contribution in [0.2, 0.25) is 5.02 Å². The van der Waals surface area contributed by atoms with E-state index in [1.54, 1.807) is 36.7 Å². The minimum Gasteiger partial charge on any atom is -0.468 e. The highest BCUT2D eigenvalue weighted by Gasteiger charge is 2.32. The summed E-state index contributed by atoms with van der Waals surface area (Å²) in [4.78, 5) is 19.2. The topological polar surface area (TPSA) is 42.4 Å². The van der Waals surface area contributed by atoms with Gasteiger partial charge in [-0.2, -0.15) is 0 Å². The van der Waals surface area contributed by atoms with Gasteiger partial charge < -0.3 is 9.64 Å². The molecular formula is C23H19ClN2O2. The van der Waals surface area contributed by atoms with Crippen LogP contribution in [0.1, 0.15) is 35.3 Å². The summed E-state index contributed by atoms with van der Waals surface area (Å²) in [5.41, 5.74) is 3.82. The molecule has 2 aromatic carbocycles. The van der Waals surface area contributed by atoms with Crippen LogP contribution < -0.4 is 4.90 Å². The van der Waals surface area contributed by atoms with Crippen molar-refractivity contribution in [2.45, 2.75) is 20.1 Å². The lowest BCUT2D eigenvalue weighted by molar-refractivity contribution is 0.103. The molecule has 0 aliphatic carbocycles. The van der Waals surface area contributed by atoms with Gasteiger partial charge in [0.25, 0.3) is 0 Å². The molecule has 0 N–H and O–H groups in total. The second-order valence-electron chi connectivity index (χ2n) is 6.59. The van der Waals surface area contributed by atoms with E-state index < -0.39 is 0 Å². The summed E-state index contributed by atoms with van der Waals surface area (Å²) in [5.74, 6) is 0.707. The van der Waals surface area contributed by atoms with Gasteiger partial charge >= 0.3 is 0 Å². The van der Waals surface area contributed by atoms with E-state index in [0.717, 1.165) is 22.7 Å². The largest absolute Gasteiger partial charge is 0.468 e. The summed E-state index contributed by atoms with van der Waals surface area (Å²) < 4.78 is 6.15. The molecule has 28 heavy (non-hydrogen) atoms. The Morgan fingerprint density at radius 1 is 1.07 bits per heavy atom. The number of halogens is 1. The van der Waals surface area contributed by atoms with Crippen LogP contribution >= 0.6 is 11.6 Å². The fourth-order valence-corrected chi connectivity index (χ4v) is 3.66. The Morgan fingerprint density at radius 3 is 2.50 bits per heavy atom. The second-order valence-corrected chi connectivity index (χ2v) is 7.03. The lowest BCUT2D eigenvalue weighted by atomic mass is 10.0. The van der Waals surface area contributed by atoms with Gasteiger partial charge in [0.2, 0.25) is 0 Å². The van der Waals surface area contributed by atoms with Crippen molar-refractivity contribution >= 4 is 28.8 Å². The van der Waals surface area contributed by atoms with Gasteiger partial charge in [-0.1, -0.05) is 41.9 Å². The monoisotopic (exact) mass is 390 g/mol. The zero-order chi connectivity index (χ0) is 19.7. The average Bonchev–Trinajstić information content (AvgIpc) is 3.03. The summed E-state index contributed by atoms with van der Waals surface area (Å²) in [7, 11) is 0. The van der Waals surface area contributed by atoms with Crippen molar-refractivity contribution in [3.8, 4) is 0 Å². The lowest BCUT2D eigenvalue weighted by Crippen LogP contribution is -2.29. The Bertz CT molecular complexity index is 1050. The molecule has 0 spiro atoms. The van der Waals surface area contributed by atoms with Gasteiger partial charge in [-0.25, -0.2) is 0 Å². The van der Waals surface area contributed by atoms with Gasteiger partial charge in [-0.15, -0.1) is 0 Å². The zero-order valence-electron chi connectivity index (χ0n) is 15.6. The number of ketones is 1. The van der Waals surface area contributed by atoms with Gasteiger partial charge in [0.05, 0.1) is 11.4 Å². The number of hydrogen-bond acceptors (Lipinski definition) is 4. The van der Waals surface area contributed by atoms with Crippen LogP contribution in [0, 0.1) is 0 Å². The summed E-state index contributed by atoms with van der Waals surface area (Å²) in [5, 5.41) is 0.513. The predicted molar refractivity (Wildman–Crippen MR) is 111 cm³/mol. The number of anilines is 1. The SMILES string of the molecule is CC1=C(c2ccccc2)OC(C)N1c1ccc(Cl)cc1C(=O)c1ccncc1. The average molecular weight is 391 g/mol. The molecule has 0 saturated carbocycles. The Labute approximate surface area is 169 Å². The van der Waals surface area contributed by atoms with Crippen LogP contribution in [0.15, 0.2) is 78.8 Å². The molecule has 0 bridgehead atoms. The quantitative estimate of drug-likeness (QED) is 0.549. The van der Waals surface area contributed by atoms with Crippen molar-refractivity contribution in [3.63, 3.8) is 0 Å². The maximum atomic E-state index is 13.2. The summed E-state index contributed by atoms with van der Waals surface area (Å²) in [6.45, 7) is 3.97. The Kier molecular flexibility index (Phi) is 4.88. The molecule has 0 radical (unpaired) electrons. The van der Waals surface area contributed by atoms with E-state index in [9.17, 15) is 4.79 Å². The van der Waals surface area contributed by atoms with Crippen LogP contribution in [0.3, 0.4) is 0 Å². The van der Waals surface area contributed by atoms with Crippen molar-refractivity contribution in [2.24, 2.45) is 0 Å². The normalized spacial score (nSPS) is 16.2. The molecule has 0 saturated heterocycles. The zero-order valence-corrected chi connectivity index (χ0v) is 16.4. The molecule has 4 nitrogen and oxygen atoms in total. The molecule has 4 rings (SSSR count). The van der Waals surface area contributed by atoms with E-state index in [1.807, 2.05) is 55.1 Å². The van der Waals surface area contributed by atoms with Gasteiger partial charge in [0.15, 0.2) is 12.0 Å². The minimum atomic E-state index is -0.250. The number of pyridine rings is 1. The third-order valence-corrected chi connectivity index (χ3v) is 5.02. The van der Waals surface area contributed by atoms with Crippen molar-refractivity contribution in [2.75, 3.05) is 4.90 Å². The smallest absolute Gasteiger partial charge is 0.195 e. The molecule has 1 atom stereocenters. The summed E-state index contributed by atoms with van der Waals surface area (Å²) >= 11 is 6.23. The standard InChI is InChI=1S/C23H19ClN2O2/c1-15-23(18-6-4-3-5-7-18)28-16(2)26(15)21-9-8-19(24)14-20(21)22(27)17-10-12-25-13-11-17/h3-14,16H,1-2H3. The van der Waals surface area contributed by atoms with Crippen LogP contribution in [-0.4, -0.2) is 17.0 Å². The third kappa shape index (κ3) is 3.27. The highest BCUT2D eigenvalue weighted by molar-refractivity contribution is 6.31. The summed E-state index contributed by atoms with van der Waals surface area (Å²) in [6.07, 6.45) is 2.97. The molecular weight excluding hydrogens is 372 g/mol. The first kappa shape index (κ1) is 18.3.